The zero-order chi connectivity index (χ0) is 10.9. The lowest BCUT2D eigenvalue weighted by atomic mass is 9.82. The van der Waals surface area contributed by atoms with Gasteiger partial charge in [-0.05, 0) is 36.6 Å². The summed E-state index contributed by atoms with van der Waals surface area (Å²) in [5.74, 6) is -0.706. The Balaban J connectivity index is 2.57. The summed E-state index contributed by atoms with van der Waals surface area (Å²) in [4.78, 5) is 11.4. The van der Waals surface area contributed by atoms with Crippen LogP contribution in [-0.4, -0.2) is 17.3 Å². The summed E-state index contributed by atoms with van der Waals surface area (Å²) in [6, 6.07) is 7.91. The molecule has 0 radical (unpaired) electrons. The molecule has 3 heteroatoms. The van der Waals surface area contributed by atoms with Crippen molar-refractivity contribution in [1.29, 1.82) is 0 Å². The maximum Gasteiger partial charge on any atom is 0.324 e. The Morgan fingerprint density at radius 2 is 2.20 bits per heavy atom. The van der Waals surface area contributed by atoms with E-state index in [0.717, 1.165) is 24.8 Å². The van der Waals surface area contributed by atoms with E-state index in [0.29, 0.717) is 0 Å². The van der Waals surface area contributed by atoms with Crippen LogP contribution >= 0.6 is 11.8 Å². The van der Waals surface area contributed by atoms with E-state index in [2.05, 4.69) is 0 Å². The molecule has 1 aromatic carbocycles. The normalized spacial score (nSPS) is 24.6. The zero-order valence-electron chi connectivity index (χ0n) is 8.69. The lowest BCUT2D eigenvalue weighted by Crippen LogP contribution is -2.35. The summed E-state index contributed by atoms with van der Waals surface area (Å²) in [5.41, 5.74) is 2.19. The largest absolute Gasteiger partial charge is 0.480 e. The Morgan fingerprint density at radius 3 is 2.87 bits per heavy atom. The molecule has 0 bridgehead atoms. The highest BCUT2D eigenvalue weighted by atomic mass is 32.2. The molecule has 1 atom stereocenters. The van der Waals surface area contributed by atoms with Crippen LogP contribution in [0.2, 0.25) is 0 Å². The second kappa shape index (κ2) is 3.89. The highest BCUT2D eigenvalue weighted by molar-refractivity contribution is 8.00. The van der Waals surface area contributed by atoms with Crippen LogP contribution in [0.4, 0.5) is 0 Å². The van der Waals surface area contributed by atoms with Gasteiger partial charge in [0, 0.05) is 0 Å². The molecule has 0 aromatic heterocycles. The lowest BCUT2D eigenvalue weighted by Gasteiger charge is -2.33. The highest BCUT2D eigenvalue weighted by Crippen LogP contribution is 2.44. The maximum atomic E-state index is 11.4. The van der Waals surface area contributed by atoms with Gasteiger partial charge in [0.1, 0.15) is 4.75 Å². The fourth-order valence-electron chi connectivity index (χ4n) is 2.32. The van der Waals surface area contributed by atoms with Crippen LogP contribution in [0.5, 0.6) is 0 Å². The van der Waals surface area contributed by atoms with Crippen molar-refractivity contribution in [1.82, 2.24) is 0 Å². The van der Waals surface area contributed by atoms with Crippen molar-refractivity contribution in [3.05, 3.63) is 35.4 Å². The summed E-state index contributed by atoms with van der Waals surface area (Å²) in [7, 11) is 0. The second-order valence-corrected chi connectivity index (χ2v) is 4.95. The van der Waals surface area contributed by atoms with Gasteiger partial charge in [0.2, 0.25) is 0 Å². The van der Waals surface area contributed by atoms with E-state index in [1.165, 1.54) is 17.3 Å². The van der Waals surface area contributed by atoms with E-state index in [1.807, 2.05) is 30.5 Å². The van der Waals surface area contributed by atoms with Gasteiger partial charge in [-0.3, -0.25) is 4.79 Å². The Hall–Kier alpha value is -0.960. The summed E-state index contributed by atoms with van der Waals surface area (Å²) >= 11 is 1.44. The predicted octanol–water partition coefficient (Wildman–Crippen LogP) is 2.67. The first-order valence-corrected chi connectivity index (χ1v) is 6.30. The third kappa shape index (κ3) is 1.55. The minimum absolute atomic E-state index is 0.706. The van der Waals surface area contributed by atoms with Crippen molar-refractivity contribution >= 4 is 17.7 Å². The van der Waals surface area contributed by atoms with Crippen LogP contribution in [0.15, 0.2) is 24.3 Å². The number of hydrogen-bond acceptors (Lipinski definition) is 2. The molecule has 0 spiro atoms. The number of carboxylic acid groups (broad SMARTS) is 1. The van der Waals surface area contributed by atoms with Gasteiger partial charge in [-0.1, -0.05) is 24.3 Å². The Bertz CT molecular complexity index is 389. The molecule has 0 saturated carbocycles. The van der Waals surface area contributed by atoms with Crippen molar-refractivity contribution in [2.75, 3.05) is 6.26 Å². The van der Waals surface area contributed by atoms with Crippen molar-refractivity contribution in [2.45, 2.75) is 24.0 Å². The predicted molar refractivity (Wildman–Crippen MR) is 62.2 cm³/mol. The van der Waals surface area contributed by atoms with E-state index in [1.54, 1.807) is 0 Å². The molecule has 1 aliphatic rings. The van der Waals surface area contributed by atoms with Crippen LogP contribution in [-0.2, 0) is 16.0 Å². The highest BCUT2D eigenvalue weighted by Gasteiger charge is 2.42. The molecule has 1 N–H and O–H groups in total. The molecular formula is C12H14O2S. The van der Waals surface area contributed by atoms with Crippen LogP contribution in [0.3, 0.4) is 0 Å². The van der Waals surface area contributed by atoms with E-state index >= 15 is 0 Å². The lowest BCUT2D eigenvalue weighted by molar-refractivity contribution is -0.140. The molecule has 0 aliphatic heterocycles. The maximum absolute atomic E-state index is 11.4. The average molecular weight is 222 g/mol. The molecule has 2 rings (SSSR count). The number of thioether (sulfide) groups is 1. The smallest absolute Gasteiger partial charge is 0.324 e. The third-order valence-electron chi connectivity index (χ3n) is 3.12. The first-order valence-electron chi connectivity index (χ1n) is 5.07. The minimum atomic E-state index is -0.713. The van der Waals surface area contributed by atoms with Crippen LogP contribution in [0.1, 0.15) is 24.0 Å². The molecular weight excluding hydrogens is 208 g/mol. The standard InChI is InChI=1S/C12H14O2S/c1-15-12(11(13)14)8-4-6-9-5-2-3-7-10(9)12/h2-3,5,7H,4,6,8H2,1H3,(H,13,14). The summed E-state index contributed by atoms with van der Waals surface area (Å²) in [6.07, 6.45) is 4.59. The van der Waals surface area contributed by atoms with E-state index in [-0.39, 0.29) is 0 Å². The minimum Gasteiger partial charge on any atom is -0.480 e. The molecule has 80 valence electrons. The van der Waals surface area contributed by atoms with Gasteiger partial charge in [0.05, 0.1) is 0 Å². The van der Waals surface area contributed by atoms with Gasteiger partial charge >= 0.3 is 5.97 Å². The second-order valence-electron chi connectivity index (χ2n) is 3.85. The first-order chi connectivity index (χ1) is 7.20. The molecule has 0 heterocycles. The number of rotatable bonds is 2. The molecule has 15 heavy (non-hydrogen) atoms. The number of carbonyl (C=O) groups is 1. The molecule has 1 aliphatic carbocycles. The number of benzene rings is 1. The van der Waals surface area contributed by atoms with Gasteiger partial charge in [0.25, 0.3) is 0 Å². The van der Waals surface area contributed by atoms with Gasteiger partial charge in [0.15, 0.2) is 0 Å². The topological polar surface area (TPSA) is 37.3 Å². The van der Waals surface area contributed by atoms with Crippen LogP contribution < -0.4 is 0 Å². The molecule has 0 saturated heterocycles. The Kier molecular flexibility index (Phi) is 2.74. The summed E-state index contributed by atoms with van der Waals surface area (Å²) in [6.45, 7) is 0. The van der Waals surface area contributed by atoms with Crippen molar-refractivity contribution in [2.24, 2.45) is 0 Å². The SMILES string of the molecule is CSC1(C(=O)O)CCCc2ccccc21. The zero-order valence-corrected chi connectivity index (χ0v) is 9.51. The van der Waals surface area contributed by atoms with E-state index < -0.39 is 10.7 Å². The van der Waals surface area contributed by atoms with Gasteiger partial charge in [-0.15, -0.1) is 11.8 Å². The van der Waals surface area contributed by atoms with Crippen LogP contribution in [0.25, 0.3) is 0 Å². The first kappa shape index (κ1) is 10.6. The molecule has 0 fully saturated rings. The Morgan fingerprint density at radius 1 is 1.47 bits per heavy atom. The molecule has 0 amide bonds. The molecule has 1 unspecified atom stereocenters. The van der Waals surface area contributed by atoms with Gasteiger partial charge < -0.3 is 5.11 Å². The number of carboxylic acids is 1. The quantitative estimate of drug-likeness (QED) is 0.836. The average Bonchev–Trinajstić information content (AvgIpc) is 2.28. The van der Waals surface area contributed by atoms with E-state index in [9.17, 15) is 9.90 Å². The molecule has 1 aromatic rings. The van der Waals surface area contributed by atoms with E-state index in [4.69, 9.17) is 0 Å². The number of aryl methyl sites for hydroxylation is 1. The van der Waals surface area contributed by atoms with Crippen molar-refractivity contribution in [3.63, 3.8) is 0 Å². The summed E-state index contributed by atoms with van der Waals surface area (Å²) in [5, 5.41) is 9.41. The fraction of sp³-hybridized carbons (Fsp3) is 0.417. The van der Waals surface area contributed by atoms with Crippen molar-refractivity contribution < 1.29 is 9.90 Å². The van der Waals surface area contributed by atoms with Gasteiger partial charge in [-0.2, -0.15) is 0 Å². The number of aliphatic carboxylic acids is 1. The fourth-order valence-corrected chi connectivity index (χ4v) is 3.26. The Labute approximate surface area is 93.7 Å². The van der Waals surface area contributed by atoms with Crippen LogP contribution in [0, 0.1) is 0 Å². The molecule has 2 nitrogen and oxygen atoms in total. The number of hydrogen-bond donors (Lipinski definition) is 1. The summed E-state index contributed by atoms with van der Waals surface area (Å²) < 4.78 is -0.713. The van der Waals surface area contributed by atoms with Crippen molar-refractivity contribution in [3.8, 4) is 0 Å². The number of fused-ring (bicyclic) bond motifs is 1. The monoisotopic (exact) mass is 222 g/mol. The third-order valence-corrected chi connectivity index (χ3v) is 4.42. The van der Waals surface area contributed by atoms with Gasteiger partial charge in [-0.25, -0.2) is 0 Å².